The van der Waals surface area contributed by atoms with E-state index in [1.165, 1.54) is 4.90 Å². The molecule has 1 heterocycles. The fourth-order valence-electron chi connectivity index (χ4n) is 2.44. The molecule has 1 aromatic carbocycles. The van der Waals surface area contributed by atoms with Crippen molar-refractivity contribution in [3.63, 3.8) is 0 Å². The molecule has 0 saturated heterocycles. The molecule has 7 nitrogen and oxygen atoms in total. The van der Waals surface area contributed by atoms with E-state index in [0.29, 0.717) is 5.69 Å². The first kappa shape index (κ1) is 15.0. The van der Waals surface area contributed by atoms with Gasteiger partial charge in [0.15, 0.2) is 0 Å². The minimum absolute atomic E-state index is 0.0286. The Morgan fingerprint density at radius 3 is 2.57 bits per heavy atom. The number of para-hydroxylation sites is 1. The number of carboxylic acid groups (broad SMARTS) is 2. The number of rotatable bonds is 5. The first-order valence-electron chi connectivity index (χ1n) is 6.53. The summed E-state index contributed by atoms with van der Waals surface area (Å²) in [5.74, 6) is -2.71. The number of nitrogens with zero attached hydrogens (tertiary/aromatic N) is 1. The molecule has 112 valence electrons. The van der Waals surface area contributed by atoms with Crippen molar-refractivity contribution in [3.8, 4) is 0 Å². The lowest BCUT2D eigenvalue weighted by Crippen LogP contribution is -2.50. The Labute approximate surface area is 121 Å². The number of nitrogens with two attached hydrogens (primary N) is 1. The zero-order valence-electron chi connectivity index (χ0n) is 11.2. The number of anilines is 1. The summed E-state index contributed by atoms with van der Waals surface area (Å²) < 4.78 is 0. The molecule has 1 unspecified atom stereocenters. The first-order chi connectivity index (χ1) is 9.91. The van der Waals surface area contributed by atoms with Gasteiger partial charge in [0.05, 0.1) is 6.04 Å². The molecule has 7 heteroatoms. The van der Waals surface area contributed by atoms with Crippen LogP contribution in [-0.4, -0.2) is 40.1 Å². The maximum atomic E-state index is 12.4. The molecule has 0 aliphatic carbocycles. The van der Waals surface area contributed by atoms with Gasteiger partial charge in [-0.2, -0.15) is 0 Å². The summed E-state index contributed by atoms with van der Waals surface area (Å²) in [7, 11) is 0. The topological polar surface area (TPSA) is 121 Å². The maximum absolute atomic E-state index is 12.4. The summed E-state index contributed by atoms with van der Waals surface area (Å²) in [6.07, 6.45) is -0.0395. The second-order valence-electron chi connectivity index (χ2n) is 4.93. The number of hydrogen-bond donors (Lipinski definition) is 3. The predicted octanol–water partition coefficient (Wildman–Crippen LogP) is 0.221. The van der Waals surface area contributed by atoms with Crippen molar-refractivity contribution >= 4 is 23.5 Å². The number of carbonyl (C=O) groups excluding carboxylic acids is 1. The van der Waals surface area contributed by atoms with Gasteiger partial charge in [0, 0.05) is 18.5 Å². The van der Waals surface area contributed by atoms with Crippen molar-refractivity contribution in [2.24, 2.45) is 5.73 Å². The van der Waals surface area contributed by atoms with Gasteiger partial charge in [0.25, 0.3) is 0 Å². The van der Waals surface area contributed by atoms with Crippen LogP contribution in [0, 0.1) is 0 Å². The zero-order chi connectivity index (χ0) is 15.6. The van der Waals surface area contributed by atoms with Crippen molar-refractivity contribution in [1.29, 1.82) is 0 Å². The third-order valence-corrected chi connectivity index (χ3v) is 3.48. The van der Waals surface area contributed by atoms with Crippen LogP contribution >= 0.6 is 0 Å². The molecule has 4 N–H and O–H groups in total. The first-order valence-corrected chi connectivity index (χ1v) is 6.53. The normalized spacial score (nSPS) is 18.1. The van der Waals surface area contributed by atoms with Gasteiger partial charge in [-0.05, 0) is 18.1 Å². The lowest BCUT2D eigenvalue weighted by atomic mass is 10.1. The van der Waals surface area contributed by atoms with Gasteiger partial charge in [-0.3, -0.25) is 14.5 Å². The smallest absolute Gasteiger partial charge is 0.327 e. The quantitative estimate of drug-likeness (QED) is 0.714. The number of carboxylic acids is 2. The number of hydrogen-bond acceptors (Lipinski definition) is 4. The third-order valence-electron chi connectivity index (χ3n) is 3.48. The van der Waals surface area contributed by atoms with Gasteiger partial charge < -0.3 is 15.9 Å². The van der Waals surface area contributed by atoms with E-state index in [4.69, 9.17) is 10.8 Å². The lowest BCUT2D eigenvalue weighted by Gasteiger charge is -2.25. The fraction of sp³-hybridized carbons (Fsp3) is 0.357. The lowest BCUT2D eigenvalue weighted by molar-refractivity contribution is -0.140. The van der Waals surface area contributed by atoms with Crippen LogP contribution in [0.5, 0.6) is 0 Å². The summed E-state index contributed by atoms with van der Waals surface area (Å²) in [5.41, 5.74) is 7.01. The van der Waals surface area contributed by atoms with Gasteiger partial charge >= 0.3 is 11.9 Å². The number of benzene rings is 1. The molecule has 0 bridgehead atoms. The van der Waals surface area contributed by atoms with E-state index < -0.39 is 29.9 Å². The van der Waals surface area contributed by atoms with E-state index in [-0.39, 0.29) is 19.3 Å². The van der Waals surface area contributed by atoms with Gasteiger partial charge in [-0.25, -0.2) is 4.79 Å². The maximum Gasteiger partial charge on any atom is 0.327 e. The Morgan fingerprint density at radius 2 is 1.95 bits per heavy atom. The standard InChI is InChI=1S/C14H16N2O5/c15-9(5-6-12(17)18)13(19)16-10-4-2-1-3-8(10)7-11(16)14(20)21/h1-4,9,11H,5-7,15H2,(H,17,18)(H,20,21)/t9?,11-/m0/s1. The number of fused-ring (bicyclic) bond motifs is 1. The van der Waals surface area contributed by atoms with Crippen LogP contribution < -0.4 is 10.6 Å². The highest BCUT2D eigenvalue weighted by Gasteiger charge is 2.39. The molecule has 0 fully saturated rings. The Bertz CT molecular complexity index is 586. The second kappa shape index (κ2) is 5.92. The Kier molecular flexibility index (Phi) is 4.23. The average Bonchev–Trinajstić information content (AvgIpc) is 2.83. The van der Waals surface area contributed by atoms with E-state index in [0.717, 1.165) is 5.56 Å². The molecule has 0 aromatic heterocycles. The van der Waals surface area contributed by atoms with Crippen LogP contribution in [0.15, 0.2) is 24.3 Å². The molecular weight excluding hydrogens is 276 g/mol. The van der Waals surface area contributed by atoms with Crippen LogP contribution in [0.1, 0.15) is 18.4 Å². The van der Waals surface area contributed by atoms with Gasteiger partial charge in [0.2, 0.25) is 5.91 Å². The molecule has 1 aliphatic heterocycles. The fourth-order valence-corrected chi connectivity index (χ4v) is 2.44. The molecule has 21 heavy (non-hydrogen) atoms. The SMILES string of the molecule is NC(CCC(=O)O)C(=O)N1c2ccccc2C[C@H]1C(=O)O. The van der Waals surface area contributed by atoms with Gasteiger partial charge in [-0.15, -0.1) is 0 Å². The van der Waals surface area contributed by atoms with E-state index in [1.54, 1.807) is 24.3 Å². The third kappa shape index (κ3) is 3.03. The summed E-state index contributed by atoms with van der Waals surface area (Å²) in [5, 5.41) is 17.9. The van der Waals surface area contributed by atoms with Gasteiger partial charge in [0.1, 0.15) is 6.04 Å². The molecule has 0 saturated carbocycles. The van der Waals surface area contributed by atoms with Crippen LogP contribution in [0.4, 0.5) is 5.69 Å². The minimum Gasteiger partial charge on any atom is -0.481 e. The minimum atomic E-state index is -1.11. The number of amides is 1. The second-order valence-corrected chi connectivity index (χ2v) is 4.93. The average molecular weight is 292 g/mol. The Morgan fingerprint density at radius 1 is 1.29 bits per heavy atom. The number of aliphatic carboxylic acids is 2. The highest BCUT2D eigenvalue weighted by molar-refractivity contribution is 6.04. The van der Waals surface area contributed by atoms with Crippen molar-refractivity contribution in [3.05, 3.63) is 29.8 Å². The highest BCUT2D eigenvalue weighted by atomic mass is 16.4. The van der Waals surface area contributed by atoms with E-state index in [9.17, 15) is 19.5 Å². The van der Waals surface area contributed by atoms with E-state index in [2.05, 4.69) is 0 Å². The predicted molar refractivity (Wildman–Crippen MR) is 73.9 cm³/mol. The zero-order valence-corrected chi connectivity index (χ0v) is 11.2. The molecule has 2 rings (SSSR count). The van der Waals surface area contributed by atoms with Crippen molar-refractivity contribution in [1.82, 2.24) is 0 Å². The summed E-state index contributed by atoms with van der Waals surface area (Å²) >= 11 is 0. The van der Waals surface area contributed by atoms with E-state index >= 15 is 0 Å². The van der Waals surface area contributed by atoms with Gasteiger partial charge in [-0.1, -0.05) is 18.2 Å². The number of carbonyl (C=O) groups is 3. The molecule has 2 atom stereocenters. The summed E-state index contributed by atoms with van der Waals surface area (Å²) in [6.45, 7) is 0. The van der Waals surface area contributed by atoms with Crippen molar-refractivity contribution < 1.29 is 24.6 Å². The van der Waals surface area contributed by atoms with Crippen LogP contribution in [0.25, 0.3) is 0 Å². The molecule has 0 radical (unpaired) electrons. The Hall–Kier alpha value is -2.41. The van der Waals surface area contributed by atoms with E-state index in [1.807, 2.05) is 0 Å². The molecule has 1 aliphatic rings. The van der Waals surface area contributed by atoms with Crippen molar-refractivity contribution in [2.45, 2.75) is 31.3 Å². The van der Waals surface area contributed by atoms with Crippen molar-refractivity contribution in [2.75, 3.05) is 4.90 Å². The Balaban J connectivity index is 2.24. The molecular formula is C14H16N2O5. The largest absolute Gasteiger partial charge is 0.481 e. The summed E-state index contributed by atoms with van der Waals surface area (Å²) in [4.78, 5) is 35.4. The monoisotopic (exact) mass is 292 g/mol. The van der Waals surface area contributed by atoms with Crippen LogP contribution in [-0.2, 0) is 20.8 Å². The van der Waals surface area contributed by atoms with Crippen LogP contribution in [0.2, 0.25) is 0 Å². The summed E-state index contributed by atoms with van der Waals surface area (Å²) in [6, 6.07) is 4.89. The highest BCUT2D eigenvalue weighted by Crippen LogP contribution is 2.32. The van der Waals surface area contributed by atoms with Crippen LogP contribution in [0.3, 0.4) is 0 Å². The molecule has 1 amide bonds. The molecule has 0 spiro atoms. The molecule has 1 aromatic rings.